The molecule has 11 heavy (non-hydrogen) atoms. The highest BCUT2D eigenvalue weighted by Crippen LogP contribution is 1.84. The molecule has 0 aromatic rings. The molecule has 0 aromatic carbocycles. The Balaban J connectivity index is 3.76. The van der Waals surface area contributed by atoms with Crippen molar-refractivity contribution in [3.8, 4) is 0 Å². The van der Waals surface area contributed by atoms with Crippen LogP contribution in [0.15, 0.2) is 0 Å². The molecule has 0 bridgehead atoms. The van der Waals surface area contributed by atoms with Crippen LogP contribution in [0.1, 0.15) is 6.42 Å². The molecule has 1 atom stereocenters. The second-order valence-corrected chi connectivity index (χ2v) is 1.78. The summed E-state index contributed by atoms with van der Waals surface area (Å²) in [5.41, 5.74) is 0. The van der Waals surface area contributed by atoms with Gasteiger partial charge in [-0.05, 0) is 0 Å². The van der Waals surface area contributed by atoms with Crippen LogP contribution in [-0.2, 0) is 14.3 Å². The quantitative estimate of drug-likeness (QED) is 0.561. The van der Waals surface area contributed by atoms with E-state index in [1.165, 1.54) is 7.11 Å². The van der Waals surface area contributed by atoms with Crippen molar-refractivity contribution in [3.05, 3.63) is 0 Å². The first kappa shape index (κ1) is 9.61. The van der Waals surface area contributed by atoms with Crippen molar-refractivity contribution in [2.45, 2.75) is 12.5 Å². The van der Waals surface area contributed by atoms with E-state index in [2.05, 4.69) is 10.1 Å². The van der Waals surface area contributed by atoms with E-state index in [0.29, 0.717) is 12.6 Å². The molecule has 0 saturated heterocycles. The molecule has 0 radical (unpaired) electrons. The largest absolute Gasteiger partial charge is 0.453 e. The molecule has 1 unspecified atom stereocenters. The first-order valence-electron chi connectivity index (χ1n) is 2.98. The van der Waals surface area contributed by atoms with Gasteiger partial charge in [-0.1, -0.05) is 0 Å². The van der Waals surface area contributed by atoms with Crippen LogP contribution < -0.4 is 5.32 Å². The van der Waals surface area contributed by atoms with E-state index in [4.69, 9.17) is 0 Å². The van der Waals surface area contributed by atoms with Crippen LogP contribution >= 0.6 is 0 Å². The van der Waals surface area contributed by atoms with Crippen molar-refractivity contribution in [2.75, 3.05) is 7.11 Å². The number of methoxy groups -OCH3 is 1. The lowest BCUT2D eigenvalue weighted by Crippen LogP contribution is -2.36. The van der Waals surface area contributed by atoms with Crippen molar-refractivity contribution in [2.24, 2.45) is 0 Å². The molecule has 1 amide bonds. The van der Waals surface area contributed by atoms with Crippen LogP contribution in [0.5, 0.6) is 0 Å². The number of amides is 1. The van der Waals surface area contributed by atoms with Gasteiger partial charge in [-0.2, -0.15) is 0 Å². The predicted molar refractivity (Wildman–Crippen MR) is 36.1 cm³/mol. The lowest BCUT2D eigenvalue weighted by molar-refractivity contribution is -0.113. The Morgan fingerprint density at radius 3 is 2.64 bits per heavy atom. The average Bonchev–Trinajstić information content (AvgIpc) is 2.03. The number of nitrogens with one attached hydrogen (secondary N) is 1. The van der Waals surface area contributed by atoms with E-state index in [-0.39, 0.29) is 6.42 Å². The van der Waals surface area contributed by atoms with Crippen LogP contribution in [0, 0.1) is 0 Å². The number of alkyl carbamates (subject to hydrolysis) is 1. The van der Waals surface area contributed by atoms with E-state index in [1.54, 1.807) is 0 Å². The Morgan fingerprint density at radius 2 is 2.27 bits per heavy atom. The Bertz CT molecular complexity index is 157. The Hall–Kier alpha value is -1.39. The normalized spacial score (nSPS) is 11.4. The highest BCUT2D eigenvalue weighted by molar-refractivity contribution is 5.75. The first-order valence-corrected chi connectivity index (χ1v) is 2.98. The van der Waals surface area contributed by atoms with E-state index < -0.39 is 12.1 Å². The van der Waals surface area contributed by atoms with Crippen LogP contribution in [0.4, 0.5) is 4.79 Å². The molecule has 0 fully saturated rings. The number of carbonyl (C=O) groups excluding carboxylic acids is 3. The lowest BCUT2D eigenvalue weighted by atomic mass is 10.2. The van der Waals surface area contributed by atoms with Gasteiger partial charge in [-0.25, -0.2) is 4.79 Å². The molecular weight excluding hydrogens is 150 g/mol. The number of aldehydes is 2. The van der Waals surface area contributed by atoms with Crippen molar-refractivity contribution in [1.29, 1.82) is 0 Å². The molecule has 0 aliphatic carbocycles. The van der Waals surface area contributed by atoms with Crippen LogP contribution in [-0.4, -0.2) is 31.8 Å². The van der Waals surface area contributed by atoms with E-state index in [9.17, 15) is 14.4 Å². The maximum Gasteiger partial charge on any atom is 0.407 e. The van der Waals surface area contributed by atoms with Gasteiger partial charge in [0.05, 0.1) is 13.2 Å². The summed E-state index contributed by atoms with van der Waals surface area (Å²) in [7, 11) is 1.18. The zero-order valence-corrected chi connectivity index (χ0v) is 6.07. The molecule has 0 aromatic heterocycles. The van der Waals surface area contributed by atoms with Crippen molar-refractivity contribution in [1.82, 2.24) is 5.32 Å². The molecule has 0 spiro atoms. The van der Waals surface area contributed by atoms with Gasteiger partial charge >= 0.3 is 6.09 Å². The number of hydrogen-bond donors (Lipinski definition) is 1. The summed E-state index contributed by atoms with van der Waals surface area (Å²) in [5, 5.41) is 2.16. The molecule has 0 saturated carbocycles. The van der Waals surface area contributed by atoms with E-state index in [0.717, 1.165) is 0 Å². The molecule has 0 heterocycles. The maximum atomic E-state index is 10.4. The number of hydrogen-bond acceptors (Lipinski definition) is 4. The number of ether oxygens (including phenoxy) is 1. The first-order chi connectivity index (χ1) is 5.24. The molecule has 1 N–H and O–H groups in total. The minimum absolute atomic E-state index is 0.0292. The summed E-state index contributed by atoms with van der Waals surface area (Å²) in [6.07, 6.45) is 0.280. The fourth-order valence-corrected chi connectivity index (χ4v) is 0.462. The second-order valence-electron chi connectivity index (χ2n) is 1.78. The van der Waals surface area contributed by atoms with Gasteiger partial charge in [0.15, 0.2) is 0 Å². The molecule has 0 aliphatic heterocycles. The van der Waals surface area contributed by atoms with Crippen LogP contribution in [0.3, 0.4) is 0 Å². The van der Waals surface area contributed by atoms with Gasteiger partial charge in [0.2, 0.25) is 0 Å². The van der Waals surface area contributed by atoms with Gasteiger partial charge in [0.1, 0.15) is 12.6 Å². The molecular formula is C6H9NO4. The third-order valence-corrected chi connectivity index (χ3v) is 1.00. The molecule has 0 aliphatic rings. The standard InChI is InChI=1S/C6H9NO4/c1-11-6(10)7-5(4-9)2-3-8/h3-5H,2H2,1H3,(H,7,10). The minimum Gasteiger partial charge on any atom is -0.453 e. The SMILES string of the molecule is COC(=O)NC(C=O)CC=O. The predicted octanol–water partition coefficient (Wildman–Crippen LogP) is -0.501. The highest BCUT2D eigenvalue weighted by Gasteiger charge is 2.09. The Morgan fingerprint density at radius 1 is 1.64 bits per heavy atom. The van der Waals surface area contributed by atoms with Crippen molar-refractivity contribution < 1.29 is 19.1 Å². The van der Waals surface area contributed by atoms with Crippen molar-refractivity contribution >= 4 is 18.7 Å². The fourth-order valence-electron chi connectivity index (χ4n) is 0.462. The minimum atomic E-state index is -0.778. The summed E-state index contributed by atoms with van der Waals surface area (Å²) >= 11 is 0. The average molecular weight is 159 g/mol. The Labute approximate surface area is 63.7 Å². The van der Waals surface area contributed by atoms with Crippen molar-refractivity contribution in [3.63, 3.8) is 0 Å². The summed E-state index contributed by atoms with van der Waals surface area (Å²) in [4.78, 5) is 30.5. The lowest BCUT2D eigenvalue weighted by Gasteiger charge is -2.06. The topological polar surface area (TPSA) is 72.5 Å². The monoisotopic (exact) mass is 159 g/mol. The van der Waals surface area contributed by atoms with E-state index >= 15 is 0 Å². The second kappa shape index (κ2) is 5.40. The fraction of sp³-hybridized carbons (Fsp3) is 0.500. The molecule has 5 nitrogen and oxygen atoms in total. The molecule has 5 heteroatoms. The summed E-state index contributed by atoms with van der Waals surface area (Å²) in [6, 6.07) is -0.778. The number of rotatable bonds is 4. The van der Waals surface area contributed by atoms with Gasteiger partial charge in [0.25, 0.3) is 0 Å². The van der Waals surface area contributed by atoms with E-state index in [1.807, 2.05) is 0 Å². The third kappa shape index (κ3) is 4.07. The summed E-state index contributed by atoms with van der Waals surface area (Å²) < 4.78 is 4.20. The molecule has 62 valence electrons. The molecule has 0 rings (SSSR count). The van der Waals surface area contributed by atoms with Gasteiger partial charge in [-0.15, -0.1) is 0 Å². The zero-order chi connectivity index (χ0) is 8.69. The number of carbonyl (C=O) groups is 3. The highest BCUT2D eigenvalue weighted by atomic mass is 16.5. The van der Waals surface area contributed by atoms with Crippen LogP contribution in [0.2, 0.25) is 0 Å². The third-order valence-electron chi connectivity index (χ3n) is 1.00. The maximum absolute atomic E-state index is 10.4. The van der Waals surface area contributed by atoms with Gasteiger partial charge in [0, 0.05) is 6.42 Å². The van der Waals surface area contributed by atoms with Gasteiger partial charge in [-0.3, -0.25) is 0 Å². The Kier molecular flexibility index (Phi) is 4.72. The summed E-state index contributed by atoms with van der Waals surface area (Å²) in [5.74, 6) is 0. The summed E-state index contributed by atoms with van der Waals surface area (Å²) in [6.45, 7) is 0. The smallest absolute Gasteiger partial charge is 0.407 e. The van der Waals surface area contributed by atoms with Gasteiger partial charge < -0.3 is 19.6 Å². The zero-order valence-electron chi connectivity index (χ0n) is 6.07. The van der Waals surface area contributed by atoms with Crippen LogP contribution in [0.25, 0.3) is 0 Å².